The molecule has 9 nitrogen and oxygen atoms in total. The molecule has 4 rings (SSSR count). The molecule has 0 radical (unpaired) electrons. The van der Waals surface area contributed by atoms with Crippen molar-refractivity contribution in [2.45, 2.75) is 45.3 Å². The number of nitrogens with zero attached hydrogens (tertiary/aromatic N) is 4. The van der Waals surface area contributed by atoms with Crippen molar-refractivity contribution in [3.05, 3.63) is 53.6 Å². The van der Waals surface area contributed by atoms with Crippen LogP contribution in [-0.2, 0) is 20.9 Å². The molecule has 2 aromatic carbocycles. The largest absolute Gasteiger partial charge is 0.494 e. The molecule has 1 atom stereocenters. The molecule has 1 heterocycles. The smallest absolute Gasteiger partial charge is 0.326 e. The average Bonchev–Trinajstić information content (AvgIpc) is 3.70. The Morgan fingerprint density at radius 2 is 1.92 bits per heavy atom. The van der Waals surface area contributed by atoms with Gasteiger partial charge in [0.15, 0.2) is 5.96 Å². The van der Waals surface area contributed by atoms with Crippen molar-refractivity contribution < 1.29 is 19.1 Å². The summed E-state index contributed by atoms with van der Waals surface area (Å²) in [6.45, 7) is 3.59. The first-order chi connectivity index (χ1) is 18.2. The molecule has 1 fully saturated rings. The van der Waals surface area contributed by atoms with Crippen LogP contribution < -0.4 is 15.4 Å². The predicted octanol–water partition coefficient (Wildman–Crippen LogP) is 3.85. The number of esters is 1. The van der Waals surface area contributed by atoms with Crippen LogP contribution in [0.5, 0.6) is 5.75 Å². The van der Waals surface area contributed by atoms with Gasteiger partial charge in [0, 0.05) is 57.5 Å². The Morgan fingerprint density at radius 3 is 2.66 bits per heavy atom. The molecular formula is C29H39N5O4. The lowest BCUT2D eigenvalue weighted by molar-refractivity contribution is -0.149. The normalized spacial score (nSPS) is 15.3. The topological polar surface area (TPSA) is 101 Å². The third-order valence-corrected chi connectivity index (χ3v) is 6.91. The lowest BCUT2D eigenvalue weighted by Crippen LogP contribution is -2.42. The molecule has 0 spiro atoms. The number of para-hydroxylation sites is 1. The second kappa shape index (κ2) is 12.2. The summed E-state index contributed by atoms with van der Waals surface area (Å²) < 4.78 is 11.6. The van der Waals surface area contributed by atoms with Crippen LogP contribution in [0, 0.1) is 5.92 Å². The average molecular weight is 522 g/mol. The third kappa shape index (κ3) is 7.18. The molecule has 2 N–H and O–H groups in total. The minimum Gasteiger partial charge on any atom is -0.494 e. The Labute approximate surface area is 225 Å². The SMILES string of the molecule is CC(OC(=O)CN1Cc2cc(OCCCC(=O)N(C)CC3CC3)ccc2N=C1N)c1ccccc1N(C)C. The number of carbonyl (C=O) groups is 2. The Hall–Kier alpha value is -3.75. The molecule has 1 aliphatic carbocycles. The van der Waals surface area contributed by atoms with E-state index in [0.29, 0.717) is 37.7 Å². The van der Waals surface area contributed by atoms with E-state index < -0.39 is 6.10 Å². The number of hydrogen-bond acceptors (Lipinski definition) is 8. The monoisotopic (exact) mass is 521 g/mol. The van der Waals surface area contributed by atoms with Gasteiger partial charge in [-0.1, -0.05) is 18.2 Å². The van der Waals surface area contributed by atoms with E-state index in [0.717, 1.165) is 29.0 Å². The summed E-state index contributed by atoms with van der Waals surface area (Å²) >= 11 is 0. The number of fused-ring (bicyclic) bond motifs is 1. The summed E-state index contributed by atoms with van der Waals surface area (Å²) in [5.41, 5.74) is 9.77. The van der Waals surface area contributed by atoms with Crippen molar-refractivity contribution in [3.63, 3.8) is 0 Å². The first-order valence-electron chi connectivity index (χ1n) is 13.3. The van der Waals surface area contributed by atoms with Gasteiger partial charge in [-0.2, -0.15) is 0 Å². The minimum atomic E-state index is -0.406. The highest BCUT2D eigenvalue weighted by Gasteiger charge is 2.25. The maximum atomic E-state index is 12.8. The fourth-order valence-electron chi connectivity index (χ4n) is 4.59. The molecular weight excluding hydrogens is 482 g/mol. The zero-order chi connectivity index (χ0) is 27.2. The van der Waals surface area contributed by atoms with Gasteiger partial charge in [0.2, 0.25) is 5.91 Å². The maximum Gasteiger partial charge on any atom is 0.326 e. The third-order valence-electron chi connectivity index (χ3n) is 6.91. The predicted molar refractivity (Wildman–Crippen MR) is 149 cm³/mol. The molecule has 1 unspecified atom stereocenters. The molecule has 9 heteroatoms. The summed E-state index contributed by atoms with van der Waals surface area (Å²) in [5, 5.41) is 0. The van der Waals surface area contributed by atoms with Crippen LogP contribution in [0.1, 0.15) is 49.8 Å². The van der Waals surface area contributed by atoms with Gasteiger partial charge in [0.05, 0.1) is 12.3 Å². The first kappa shape index (κ1) is 27.3. The molecule has 2 aromatic rings. The maximum absolute atomic E-state index is 12.8. The van der Waals surface area contributed by atoms with Crippen LogP contribution in [-0.4, -0.2) is 68.5 Å². The lowest BCUT2D eigenvalue weighted by Gasteiger charge is -2.28. The minimum absolute atomic E-state index is 0.00911. The molecule has 204 valence electrons. The standard InChI is InChI=1S/C29H39N5O4/c1-20(24-8-5-6-9-26(24)32(2)3)38-28(36)19-34-18-22-16-23(13-14-25(22)31-29(34)30)37-15-7-10-27(35)33(4)17-21-11-12-21/h5-6,8-9,13-14,16,20-21H,7,10-12,15,17-19H2,1-4H3,(H2,30,31). The number of ether oxygens (including phenoxy) is 2. The number of aliphatic imine (C=N–C) groups is 1. The Bertz CT molecular complexity index is 1180. The number of rotatable bonds is 12. The molecule has 1 amide bonds. The van der Waals surface area contributed by atoms with Crippen molar-refractivity contribution in [2.24, 2.45) is 16.6 Å². The summed E-state index contributed by atoms with van der Waals surface area (Å²) in [6.07, 6.45) is 3.19. The Balaban J connectivity index is 1.28. The first-order valence-corrected chi connectivity index (χ1v) is 13.3. The molecule has 0 saturated heterocycles. The van der Waals surface area contributed by atoms with Crippen molar-refractivity contribution in [2.75, 3.05) is 45.7 Å². The van der Waals surface area contributed by atoms with E-state index in [9.17, 15) is 9.59 Å². The van der Waals surface area contributed by atoms with Gasteiger partial charge < -0.3 is 29.9 Å². The van der Waals surface area contributed by atoms with Crippen LogP contribution >= 0.6 is 0 Å². The van der Waals surface area contributed by atoms with Gasteiger partial charge in [0.25, 0.3) is 0 Å². The van der Waals surface area contributed by atoms with Crippen LogP contribution in [0.3, 0.4) is 0 Å². The zero-order valence-corrected chi connectivity index (χ0v) is 22.9. The second-order valence-corrected chi connectivity index (χ2v) is 10.4. The highest BCUT2D eigenvalue weighted by Crippen LogP contribution is 2.31. The molecule has 1 aliphatic heterocycles. The van der Waals surface area contributed by atoms with Crippen molar-refractivity contribution in [3.8, 4) is 5.75 Å². The summed E-state index contributed by atoms with van der Waals surface area (Å²) in [4.78, 5) is 35.0. The summed E-state index contributed by atoms with van der Waals surface area (Å²) in [6, 6.07) is 13.5. The molecule has 2 aliphatic rings. The van der Waals surface area contributed by atoms with E-state index in [4.69, 9.17) is 15.2 Å². The van der Waals surface area contributed by atoms with Gasteiger partial charge in [-0.05, 0) is 56.4 Å². The van der Waals surface area contributed by atoms with Gasteiger partial charge >= 0.3 is 5.97 Å². The van der Waals surface area contributed by atoms with E-state index in [2.05, 4.69) is 4.99 Å². The van der Waals surface area contributed by atoms with E-state index in [1.807, 2.05) is 80.3 Å². The van der Waals surface area contributed by atoms with E-state index >= 15 is 0 Å². The van der Waals surface area contributed by atoms with Crippen LogP contribution in [0.15, 0.2) is 47.5 Å². The second-order valence-electron chi connectivity index (χ2n) is 10.4. The van der Waals surface area contributed by atoms with E-state index in [1.165, 1.54) is 12.8 Å². The number of anilines is 1. The van der Waals surface area contributed by atoms with Crippen molar-refractivity contribution >= 4 is 29.2 Å². The molecule has 1 saturated carbocycles. The zero-order valence-electron chi connectivity index (χ0n) is 22.9. The number of carbonyl (C=O) groups excluding carboxylic acids is 2. The van der Waals surface area contributed by atoms with Crippen molar-refractivity contribution in [1.82, 2.24) is 9.80 Å². The quantitative estimate of drug-likeness (QED) is 0.334. The van der Waals surface area contributed by atoms with E-state index in [-0.39, 0.29) is 24.4 Å². The number of guanidine groups is 1. The highest BCUT2D eigenvalue weighted by atomic mass is 16.5. The number of hydrogen-bond donors (Lipinski definition) is 1. The van der Waals surface area contributed by atoms with Gasteiger partial charge in [-0.3, -0.25) is 9.59 Å². The highest BCUT2D eigenvalue weighted by molar-refractivity contribution is 5.87. The fourth-order valence-corrected chi connectivity index (χ4v) is 4.59. The number of benzene rings is 2. The van der Waals surface area contributed by atoms with Gasteiger partial charge in [-0.15, -0.1) is 0 Å². The molecule has 0 bridgehead atoms. The molecule has 0 aromatic heterocycles. The van der Waals surface area contributed by atoms with Crippen LogP contribution in [0.25, 0.3) is 0 Å². The summed E-state index contributed by atoms with van der Waals surface area (Å²) in [5.74, 6) is 1.46. The van der Waals surface area contributed by atoms with Crippen molar-refractivity contribution in [1.29, 1.82) is 0 Å². The molecule has 38 heavy (non-hydrogen) atoms. The van der Waals surface area contributed by atoms with Gasteiger partial charge in [0.1, 0.15) is 18.4 Å². The van der Waals surface area contributed by atoms with Crippen LogP contribution in [0.4, 0.5) is 11.4 Å². The number of nitrogens with two attached hydrogens (primary N) is 1. The van der Waals surface area contributed by atoms with E-state index in [1.54, 1.807) is 4.90 Å². The lowest BCUT2D eigenvalue weighted by atomic mass is 10.1. The Morgan fingerprint density at radius 1 is 1.16 bits per heavy atom. The summed E-state index contributed by atoms with van der Waals surface area (Å²) in [7, 11) is 5.80. The Kier molecular flexibility index (Phi) is 8.76. The van der Waals surface area contributed by atoms with Gasteiger partial charge in [-0.25, -0.2) is 4.99 Å². The van der Waals surface area contributed by atoms with Crippen LogP contribution in [0.2, 0.25) is 0 Å². The fraction of sp³-hybridized carbons (Fsp3) is 0.483. The number of amides is 1.